The first kappa shape index (κ1) is 22.5. The Labute approximate surface area is 184 Å². The molecular formula is C23H22FN3O3S. The number of nitriles is 2. The van der Waals surface area contributed by atoms with Gasteiger partial charge in [0.15, 0.2) is 6.61 Å². The number of rotatable bonds is 4. The van der Waals surface area contributed by atoms with Gasteiger partial charge in [-0.15, -0.1) is 11.3 Å². The number of esters is 1. The number of benzene rings is 1. The number of hydrogen-bond acceptors (Lipinski definition) is 6. The summed E-state index contributed by atoms with van der Waals surface area (Å²) in [6, 6.07) is 7.31. The molecule has 1 amide bonds. The van der Waals surface area contributed by atoms with Gasteiger partial charge < -0.3 is 10.1 Å². The summed E-state index contributed by atoms with van der Waals surface area (Å²) in [5.74, 6) is -2.01. The Kier molecular flexibility index (Phi) is 6.42. The molecule has 1 aliphatic carbocycles. The topological polar surface area (TPSA) is 103 Å². The fraction of sp³-hybridized carbons (Fsp3) is 0.391. The second-order valence-corrected chi connectivity index (χ2v) is 9.66. The SMILES string of the molecule is CC(C)(C)[C@@H]1CCc2c(sc(NC(=O)COC(=O)c3ccc(C#N)cc3F)c2C#N)C1. The van der Waals surface area contributed by atoms with E-state index in [9.17, 15) is 19.2 Å². The molecule has 1 aliphatic rings. The van der Waals surface area contributed by atoms with Gasteiger partial charge in [-0.1, -0.05) is 20.8 Å². The minimum Gasteiger partial charge on any atom is -0.452 e. The molecule has 6 nitrogen and oxygen atoms in total. The first-order chi connectivity index (χ1) is 14.6. The van der Waals surface area contributed by atoms with Gasteiger partial charge in [0.2, 0.25) is 0 Å². The minimum absolute atomic E-state index is 0.0752. The zero-order chi connectivity index (χ0) is 22.8. The molecule has 160 valence electrons. The average Bonchev–Trinajstić information content (AvgIpc) is 3.07. The lowest BCUT2D eigenvalue weighted by atomic mass is 9.72. The maximum Gasteiger partial charge on any atom is 0.341 e. The quantitative estimate of drug-likeness (QED) is 0.703. The van der Waals surface area contributed by atoms with E-state index >= 15 is 0 Å². The molecule has 8 heteroatoms. The van der Waals surface area contributed by atoms with E-state index in [1.807, 2.05) is 0 Å². The standard InChI is InChI=1S/C23H22FN3O3S/c1-23(2,3)14-5-7-15-17(11-26)21(31-19(15)9-14)27-20(28)12-30-22(29)16-6-4-13(10-25)8-18(16)24/h4,6,8,14H,5,7,9,12H2,1-3H3,(H,27,28)/t14-/m1/s1. The first-order valence-electron chi connectivity index (χ1n) is 9.85. The summed E-state index contributed by atoms with van der Waals surface area (Å²) in [5.41, 5.74) is 1.33. The molecule has 1 N–H and O–H groups in total. The van der Waals surface area contributed by atoms with E-state index in [1.165, 1.54) is 17.4 Å². The van der Waals surface area contributed by atoms with Crippen molar-refractivity contribution in [3.05, 3.63) is 51.1 Å². The average molecular weight is 440 g/mol. The van der Waals surface area contributed by atoms with Gasteiger partial charge in [0, 0.05) is 4.88 Å². The minimum atomic E-state index is -1.00. The Hall–Kier alpha value is -3.23. The number of nitrogens with zero attached hydrogens (tertiary/aromatic N) is 2. The molecule has 0 aliphatic heterocycles. The van der Waals surface area contributed by atoms with Crippen LogP contribution in [0.3, 0.4) is 0 Å². The molecule has 2 aromatic rings. The van der Waals surface area contributed by atoms with Crippen molar-refractivity contribution in [3.8, 4) is 12.1 Å². The normalized spacial score (nSPS) is 15.4. The van der Waals surface area contributed by atoms with Gasteiger partial charge in [-0.25, -0.2) is 9.18 Å². The lowest BCUT2D eigenvalue weighted by Crippen LogP contribution is -2.26. The number of carbonyl (C=O) groups is 2. The number of carbonyl (C=O) groups excluding carboxylic acids is 2. The molecule has 0 saturated heterocycles. The molecule has 0 saturated carbocycles. The summed E-state index contributed by atoms with van der Waals surface area (Å²) < 4.78 is 18.8. The monoisotopic (exact) mass is 439 g/mol. The van der Waals surface area contributed by atoms with E-state index in [-0.39, 0.29) is 16.5 Å². The lowest BCUT2D eigenvalue weighted by Gasteiger charge is -2.33. The Bertz CT molecular complexity index is 1120. The van der Waals surface area contributed by atoms with Crippen molar-refractivity contribution in [2.24, 2.45) is 11.3 Å². The summed E-state index contributed by atoms with van der Waals surface area (Å²) >= 11 is 1.39. The summed E-state index contributed by atoms with van der Waals surface area (Å²) in [4.78, 5) is 25.5. The Morgan fingerprint density at radius 1 is 1.29 bits per heavy atom. The van der Waals surface area contributed by atoms with Gasteiger partial charge in [0.25, 0.3) is 5.91 Å². The largest absolute Gasteiger partial charge is 0.452 e. The van der Waals surface area contributed by atoms with E-state index in [0.29, 0.717) is 16.5 Å². The summed E-state index contributed by atoms with van der Waals surface area (Å²) in [6.07, 6.45) is 2.64. The molecular weight excluding hydrogens is 417 g/mol. The number of fused-ring (bicyclic) bond motifs is 1. The fourth-order valence-electron chi connectivity index (χ4n) is 3.65. The lowest BCUT2D eigenvalue weighted by molar-refractivity contribution is -0.119. The zero-order valence-corrected chi connectivity index (χ0v) is 18.4. The Morgan fingerprint density at radius 3 is 2.65 bits per heavy atom. The summed E-state index contributed by atoms with van der Waals surface area (Å²) in [6.45, 7) is 6.00. The second-order valence-electron chi connectivity index (χ2n) is 8.56. The van der Waals surface area contributed by atoms with Gasteiger partial charge in [-0.05, 0) is 54.4 Å². The number of amides is 1. The van der Waals surface area contributed by atoms with Crippen LogP contribution in [0.1, 0.15) is 59.1 Å². The van der Waals surface area contributed by atoms with E-state index in [1.54, 1.807) is 6.07 Å². The van der Waals surface area contributed by atoms with Gasteiger partial charge in [-0.3, -0.25) is 4.79 Å². The van der Waals surface area contributed by atoms with Crippen LogP contribution in [-0.4, -0.2) is 18.5 Å². The van der Waals surface area contributed by atoms with Crippen LogP contribution in [-0.2, 0) is 22.4 Å². The molecule has 0 fully saturated rings. The highest BCUT2D eigenvalue weighted by molar-refractivity contribution is 7.16. The van der Waals surface area contributed by atoms with Crippen LogP contribution in [0, 0.1) is 39.8 Å². The third-order valence-electron chi connectivity index (χ3n) is 5.51. The van der Waals surface area contributed by atoms with E-state index in [0.717, 1.165) is 41.8 Å². The van der Waals surface area contributed by atoms with Crippen molar-refractivity contribution in [1.82, 2.24) is 0 Å². The third-order valence-corrected chi connectivity index (χ3v) is 6.68. The van der Waals surface area contributed by atoms with Crippen LogP contribution in [0.2, 0.25) is 0 Å². The van der Waals surface area contributed by atoms with E-state index < -0.39 is 24.3 Å². The van der Waals surface area contributed by atoms with Crippen LogP contribution in [0.5, 0.6) is 0 Å². The van der Waals surface area contributed by atoms with Crippen molar-refractivity contribution >= 4 is 28.2 Å². The van der Waals surface area contributed by atoms with E-state index in [4.69, 9.17) is 10.00 Å². The number of halogens is 1. The predicted molar refractivity (Wildman–Crippen MR) is 114 cm³/mol. The molecule has 0 bridgehead atoms. The first-order valence-corrected chi connectivity index (χ1v) is 10.7. The highest BCUT2D eigenvalue weighted by atomic mass is 32.1. The van der Waals surface area contributed by atoms with Crippen molar-refractivity contribution in [2.45, 2.75) is 40.0 Å². The molecule has 31 heavy (non-hydrogen) atoms. The van der Waals surface area contributed by atoms with Crippen LogP contribution in [0.25, 0.3) is 0 Å². The van der Waals surface area contributed by atoms with Crippen molar-refractivity contribution in [1.29, 1.82) is 10.5 Å². The number of nitrogens with one attached hydrogen (secondary N) is 1. The van der Waals surface area contributed by atoms with Crippen molar-refractivity contribution in [2.75, 3.05) is 11.9 Å². The molecule has 1 atom stereocenters. The second kappa shape index (κ2) is 8.87. The van der Waals surface area contributed by atoms with Crippen LogP contribution < -0.4 is 5.32 Å². The van der Waals surface area contributed by atoms with Gasteiger partial charge >= 0.3 is 5.97 Å². The maximum atomic E-state index is 13.9. The van der Waals surface area contributed by atoms with Crippen LogP contribution in [0.4, 0.5) is 9.39 Å². The molecule has 1 aromatic carbocycles. The van der Waals surface area contributed by atoms with Crippen LogP contribution in [0.15, 0.2) is 18.2 Å². The summed E-state index contributed by atoms with van der Waals surface area (Å²) in [5, 5.41) is 21.5. The Balaban J connectivity index is 1.66. The number of hydrogen-bond donors (Lipinski definition) is 1. The highest BCUT2D eigenvalue weighted by Crippen LogP contribution is 2.43. The molecule has 0 spiro atoms. The number of anilines is 1. The smallest absolute Gasteiger partial charge is 0.341 e. The Morgan fingerprint density at radius 2 is 2.03 bits per heavy atom. The number of ether oxygens (including phenoxy) is 1. The molecule has 1 aromatic heterocycles. The van der Waals surface area contributed by atoms with E-state index in [2.05, 4.69) is 32.2 Å². The molecule has 0 unspecified atom stereocenters. The fourth-order valence-corrected chi connectivity index (χ4v) is 4.95. The van der Waals surface area contributed by atoms with Gasteiger partial charge in [0.1, 0.15) is 16.9 Å². The van der Waals surface area contributed by atoms with Crippen LogP contribution >= 0.6 is 11.3 Å². The summed E-state index contributed by atoms with van der Waals surface area (Å²) in [7, 11) is 0. The van der Waals surface area contributed by atoms with Crippen molar-refractivity contribution in [3.63, 3.8) is 0 Å². The number of thiophene rings is 1. The zero-order valence-electron chi connectivity index (χ0n) is 17.5. The molecule has 1 heterocycles. The predicted octanol–water partition coefficient (Wildman–Crippen LogP) is 4.58. The van der Waals surface area contributed by atoms with Crippen molar-refractivity contribution < 1.29 is 18.7 Å². The van der Waals surface area contributed by atoms with Gasteiger partial charge in [-0.2, -0.15) is 10.5 Å². The molecule has 0 radical (unpaired) electrons. The highest BCUT2D eigenvalue weighted by Gasteiger charge is 2.32. The maximum absolute atomic E-state index is 13.9. The van der Waals surface area contributed by atoms with Gasteiger partial charge in [0.05, 0.1) is 22.8 Å². The third kappa shape index (κ3) is 4.92. The molecule has 3 rings (SSSR count).